The van der Waals surface area contributed by atoms with Gasteiger partial charge in [0, 0.05) is 12.6 Å². The van der Waals surface area contributed by atoms with Crippen molar-refractivity contribution in [3.63, 3.8) is 0 Å². The van der Waals surface area contributed by atoms with Gasteiger partial charge in [-0.1, -0.05) is 49.7 Å². The molecule has 5 heteroatoms. The van der Waals surface area contributed by atoms with Gasteiger partial charge in [0.15, 0.2) is 6.23 Å². The molecule has 0 N–H and O–H groups in total. The van der Waals surface area contributed by atoms with Crippen LogP contribution in [0.1, 0.15) is 43.7 Å². The summed E-state index contributed by atoms with van der Waals surface area (Å²) in [5, 5.41) is 0. The minimum Gasteiger partial charge on any atom is -0.475 e. The maximum absolute atomic E-state index is 13.0. The van der Waals surface area contributed by atoms with Crippen molar-refractivity contribution in [1.82, 2.24) is 4.90 Å². The summed E-state index contributed by atoms with van der Waals surface area (Å²) in [7, 11) is 0. The molecule has 0 saturated carbocycles. The number of hydrogen-bond acceptors (Lipinski definition) is 2. The van der Waals surface area contributed by atoms with E-state index < -0.39 is 11.7 Å². The molecule has 2 atom stereocenters. The molecule has 1 heterocycles. The summed E-state index contributed by atoms with van der Waals surface area (Å²) in [4.78, 5) is 2.33. The SMILES string of the molecule is CCC(Oc1cccc(C(F)(F)F)c1)N1CCCCC1Cc1ccccc1. The zero-order chi connectivity index (χ0) is 19.3. The van der Waals surface area contributed by atoms with Crippen molar-refractivity contribution in [3.05, 3.63) is 65.7 Å². The first-order valence-electron chi connectivity index (χ1n) is 9.61. The number of ether oxygens (including phenoxy) is 1. The summed E-state index contributed by atoms with van der Waals surface area (Å²) in [5.74, 6) is 0.278. The lowest BCUT2D eigenvalue weighted by Gasteiger charge is -2.41. The Labute approximate surface area is 159 Å². The van der Waals surface area contributed by atoms with Crippen molar-refractivity contribution < 1.29 is 17.9 Å². The Bertz CT molecular complexity index is 717. The molecule has 0 bridgehead atoms. The fraction of sp³-hybridized carbons (Fsp3) is 0.455. The van der Waals surface area contributed by atoms with Crippen molar-refractivity contribution in [2.45, 2.75) is 57.5 Å². The molecule has 1 aliphatic heterocycles. The van der Waals surface area contributed by atoms with Crippen LogP contribution in [0.25, 0.3) is 0 Å². The highest BCUT2D eigenvalue weighted by Gasteiger charge is 2.32. The van der Waals surface area contributed by atoms with Crippen LogP contribution < -0.4 is 4.74 Å². The lowest BCUT2D eigenvalue weighted by Crippen LogP contribution is -2.49. The van der Waals surface area contributed by atoms with Crippen LogP contribution in [0.2, 0.25) is 0 Å². The van der Waals surface area contributed by atoms with Gasteiger partial charge in [0.05, 0.1) is 5.56 Å². The Morgan fingerprint density at radius 2 is 1.85 bits per heavy atom. The van der Waals surface area contributed by atoms with E-state index in [-0.39, 0.29) is 12.0 Å². The second-order valence-electron chi connectivity index (χ2n) is 7.08. The number of halogens is 3. The maximum atomic E-state index is 13.0. The van der Waals surface area contributed by atoms with Crippen molar-refractivity contribution in [3.8, 4) is 5.75 Å². The molecule has 1 fully saturated rings. The minimum atomic E-state index is -4.36. The van der Waals surface area contributed by atoms with Gasteiger partial charge < -0.3 is 4.74 Å². The molecule has 3 rings (SSSR count). The molecule has 0 spiro atoms. The van der Waals surface area contributed by atoms with E-state index in [1.54, 1.807) is 6.07 Å². The van der Waals surface area contributed by atoms with E-state index in [0.29, 0.717) is 6.04 Å². The summed E-state index contributed by atoms with van der Waals surface area (Å²) in [6.45, 7) is 2.93. The normalized spacial score (nSPS) is 19.6. The van der Waals surface area contributed by atoms with E-state index in [4.69, 9.17) is 4.74 Å². The summed E-state index contributed by atoms with van der Waals surface area (Å²) in [6, 6.07) is 15.9. The Kier molecular flexibility index (Phi) is 6.42. The summed E-state index contributed by atoms with van der Waals surface area (Å²) in [6.07, 6.45) is 0.425. The summed E-state index contributed by atoms with van der Waals surface area (Å²) in [5.41, 5.74) is 0.609. The Morgan fingerprint density at radius 3 is 2.56 bits per heavy atom. The van der Waals surface area contributed by atoms with E-state index in [0.717, 1.165) is 44.4 Å². The van der Waals surface area contributed by atoms with E-state index in [2.05, 4.69) is 17.0 Å². The van der Waals surface area contributed by atoms with Crippen molar-refractivity contribution in [1.29, 1.82) is 0 Å². The first kappa shape index (κ1) is 19.7. The van der Waals surface area contributed by atoms with Crippen molar-refractivity contribution in [2.24, 2.45) is 0 Å². The number of rotatable bonds is 6. The van der Waals surface area contributed by atoms with Gasteiger partial charge in [0.1, 0.15) is 5.75 Å². The highest BCUT2D eigenvalue weighted by molar-refractivity contribution is 5.30. The molecule has 2 aromatic carbocycles. The third-order valence-electron chi connectivity index (χ3n) is 5.14. The molecular formula is C22H26F3NO. The lowest BCUT2D eigenvalue weighted by atomic mass is 9.95. The van der Waals surface area contributed by atoms with Crippen LogP contribution in [-0.4, -0.2) is 23.7 Å². The zero-order valence-corrected chi connectivity index (χ0v) is 15.6. The van der Waals surface area contributed by atoms with Gasteiger partial charge in [-0.05, 0) is 49.4 Å². The standard InChI is InChI=1S/C22H26F3NO/c1-2-21(27-20-13-8-11-18(16-20)22(23,24)25)26-14-7-6-12-19(26)15-17-9-4-3-5-10-17/h3-5,8-11,13,16,19,21H,2,6-7,12,14-15H2,1H3. The molecule has 1 aliphatic rings. The van der Waals surface area contributed by atoms with Gasteiger partial charge in [-0.2, -0.15) is 13.2 Å². The van der Waals surface area contributed by atoms with Crippen LogP contribution in [0.5, 0.6) is 5.75 Å². The molecule has 0 aliphatic carbocycles. The number of nitrogens with zero attached hydrogens (tertiary/aromatic N) is 1. The molecule has 0 amide bonds. The van der Waals surface area contributed by atoms with Gasteiger partial charge in [-0.3, -0.25) is 4.90 Å². The van der Waals surface area contributed by atoms with Crippen LogP contribution in [0.4, 0.5) is 13.2 Å². The van der Waals surface area contributed by atoms with E-state index in [1.165, 1.54) is 18.1 Å². The predicted molar refractivity (Wildman–Crippen MR) is 101 cm³/mol. The number of benzene rings is 2. The average molecular weight is 377 g/mol. The minimum absolute atomic E-state index is 0.220. The zero-order valence-electron chi connectivity index (χ0n) is 15.6. The fourth-order valence-electron chi connectivity index (χ4n) is 3.80. The van der Waals surface area contributed by atoms with Crippen molar-refractivity contribution in [2.75, 3.05) is 6.54 Å². The Balaban J connectivity index is 1.74. The lowest BCUT2D eigenvalue weighted by molar-refractivity contribution is -0.137. The largest absolute Gasteiger partial charge is 0.475 e. The Morgan fingerprint density at radius 1 is 1.07 bits per heavy atom. The highest BCUT2D eigenvalue weighted by Crippen LogP contribution is 2.32. The quantitative estimate of drug-likeness (QED) is 0.620. The molecule has 1 saturated heterocycles. The maximum Gasteiger partial charge on any atom is 0.416 e. The topological polar surface area (TPSA) is 12.5 Å². The Hall–Kier alpha value is -2.01. The molecule has 0 radical (unpaired) electrons. The predicted octanol–water partition coefficient (Wildman–Crippen LogP) is 5.92. The number of alkyl halides is 3. The molecule has 2 aromatic rings. The summed E-state index contributed by atoms with van der Waals surface area (Å²) < 4.78 is 45.0. The second kappa shape index (κ2) is 8.79. The second-order valence-corrected chi connectivity index (χ2v) is 7.08. The van der Waals surface area contributed by atoms with Gasteiger partial charge in [-0.25, -0.2) is 0 Å². The monoisotopic (exact) mass is 377 g/mol. The van der Waals surface area contributed by atoms with Crippen LogP contribution in [-0.2, 0) is 12.6 Å². The molecule has 2 nitrogen and oxygen atoms in total. The molecule has 0 aromatic heterocycles. The first-order chi connectivity index (χ1) is 13.0. The van der Waals surface area contributed by atoms with Crippen LogP contribution in [0, 0.1) is 0 Å². The number of piperidine rings is 1. The van der Waals surface area contributed by atoms with Gasteiger partial charge >= 0.3 is 6.18 Å². The molecular weight excluding hydrogens is 351 g/mol. The third-order valence-corrected chi connectivity index (χ3v) is 5.14. The fourth-order valence-corrected chi connectivity index (χ4v) is 3.80. The number of hydrogen-bond donors (Lipinski definition) is 0. The van der Waals surface area contributed by atoms with Gasteiger partial charge in [0.25, 0.3) is 0 Å². The van der Waals surface area contributed by atoms with Crippen LogP contribution in [0.3, 0.4) is 0 Å². The van der Waals surface area contributed by atoms with Crippen LogP contribution in [0.15, 0.2) is 54.6 Å². The molecule has 2 unspecified atom stereocenters. The average Bonchev–Trinajstić information content (AvgIpc) is 2.67. The third kappa shape index (κ3) is 5.25. The molecule has 27 heavy (non-hydrogen) atoms. The van der Waals surface area contributed by atoms with Gasteiger partial charge in [0.2, 0.25) is 0 Å². The van der Waals surface area contributed by atoms with Crippen LogP contribution >= 0.6 is 0 Å². The van der Waals surface area contributed by atoms with E-state index >= 15 is 0 Å². The highest BCUT2D eigenvalue weighted by atomic mass is 19.4. The smallest absolute Gasteiger partial charge is 0.416 e. The number of likely N-dealkylation sites (tertiary alicyclic amines) is 1. The van der Waals surface area contributed by atoms with E-state index in [1.807, 2.05) is 25.1 Å². The first-order valence-corrected chi connectivity index (χ1v) is 9.61. The summed E-state index contributed by atoms with van der Waals surface area (Å²) >= 11 is 0. The van der Waals surface area contributed by atoms with E-state index in [9.17, 15) is 13.2 Å². The van der Waals surface area contributed by atoms with Gasteiger partial charge in [-0.15, -0.1) is 0 Å². The molecule has 146 valence electrons. The van der Waals surface area contributed by atoms with Crippen molar-refractivity contribution >= 4 is 0 Å².